The molecule has 10 heavy (non-hydrogen) atoms. The van der Waals surface area contributed by atoms with Crippen LogP contribution in [0.1, 0.15) is 6.42 Å². The van der Waals surface area contributed by atoms with Crippen LogP contribution in [0.5, 0.6) is 0 Å². The lowest BCUT2D eigenvalue weighted by Crippen LogP contribution is -2.38. The van der Waals surface area contributed by atoms with Crippen molar-refractivity contribution in [1.29, 1.82) is 0 Å². The van der Waals surface area contributed by atoms with E-state index in [0.717, 1.165) is 0 Å². The van der Waals surface area contributed by atoms with Gasteiger partial charge >= 0.3 is 0 Å². The highest BCUT2D eigenvalue weighted by Gasteiger charge is 2.26. The average molecular weight is 144 g/mol. The Morgan fingerprint density at radius 3 is 2.90 bits per heavy atom. The summed E-state index contributed by atoms with van der Waals surface area (Å²) in [5.74, 6) is -0.0449. The maximum Gasteiger partial charge on any atom is 0.236 e. The van der Waals surface area contributed by atoms with Crippen LogP contribution in [0.25, 0.3) is 0 Å². The number of likely N-dealkylation sites (N-methyl/N-ethyl adjacent to an activating group) is 1. The van der Waals surface area contributed by atoms with Crippen LogP contribution in [0.15, 0.2) is 0 Å². The van der Waals surface area contributed by atoms with Crippen LogP contribution in [0.4, 0.5) is 0 Å². The van der Waals surface area contributed by atoms with Gasteiger partial charge in [0.05, 0.1) is 12.1 Å². The molecule has 2 atom stereocenters. The lowest BCUT2D eigenvalue weighted by atomic mass is 10.2. The van der Waals surface area contributed by atoms with Crippen LogP contribution >= 0.6 is 0 Å². The van der Waals surface area contributed by atoms with E-state index in [9.17, 15) is 4.79 Å². The Morgan fingerprint density at radius 2 is 2.50 bits per heavy atom. The van der Waals surface area contributed by atoms with E-state index in [1.165, 1.54) is 0 Å². The minimum atomic E-state index is -0.359. The summed E-state index contributed by atoms with van der Waals surface area (Å²) in [6.45, 7) is 0.526. The van der Waals surface area contributed by atoms with Gasteiger partial charge in [0.15, 0.2) is 0 Å². The van der Waals surface area contributed by atoms with Gasteiger partial charge in [-0.2, -0.15) is 0 Å². The third-order valence-electron chi connectivity index (χ3n) is 1.67. The summed E-state index contributed by atoms with van der Waals surface area (Å²) in [6, 6.07) is -0.194. The highest BCUT2D eigenvalue weighted by atomic mass is 16.3. The maximum atomic E-state index is 10.9. The first-order chi connectivity index (χ1) is 4.74. The summed E-state index contributed by atoms with van der Waals surface area (Å²) in [7, 11) is 1.59. The van der Waals surface area contributed by atoms with Gasteiger partial charge in [-0.05, 0) is 6.42 Å². The van der Waals surface area contributed by atoms with Crippen molar-refractivity contribution < 1.29 is 9.90 Å². The molecule has 1 aliphatic heterocycles. The molecule has 1 saturated heterocycles. The van der Waals surface area contributed by atoms with Crippen LogP contribution in [-0.2, 0) is 4.79 Å². The number of amides is 1. The van der Waals surface area contributed by atoms with Gasteiger partial charge < -0.3 is 15.7 Å². The second-order valence-corrected chi connectivity index (χ2v) is 2.46. The lowest BCUT2D eigenvalue weighted by Gasteiger charge is -2.06. The van der Waals surface area contributed by atoms with E-state index in [0.29, 0.717) is 13.0 Å². The van der Waals surface area contributed by atoms with Crippen molar-refractivity contribution >= 4 is 5.91 Å². The molecule has 4 heteroatoms. The monoisotopic (exact) mass is 144 g/mol. The van der Waals surface area contributed by atoms with Crippen molar-refractivity contribution in [1.82, 2.24) is 10.6 Å². The Balaban J connectivity index is 2.37. The molecule has 0 aromatic rings. The Labute approximate surface area is 59.6 Å². The van der Waals surface area contributed by atoms with E-state index in [2.05, 4.69) is 10.6 Å². The van der Waals surface area contributed by atoms with Gasteiger partial charge in [0, 0.05) is 13.6 Å². The number of hydrogen-bond acceptors (Lipinski definition) is 3. The molecule has 1 amide bonds. The quantitative estimate of drug-likeness (QED) is 0.418. The first-order valence-corrected chi connectivity index (χ1v) is 3.37. The summed E-state index contributed by atoms with van der Waals surface area (Å²) in [6.07, 6.45) is 0.168. The normalized spacial score (nSPS) is 32.2. The fourth-order valence-electron chi connectivity index (χ4n) is 1.09. The van der Waals surface area contributed by atoms with Crippen molar-refractivity contribution in [2.75, 3.05) is 13.6 Å². The molecule has 1 heterocycles. The van der Waals surface area contributed by atoms with Gasteiger partial charge in [0.1, 0.15) is 0 Å². The first kappa shape index (κ1) is 7.50. The maximum absolute atomic E-state index is 10.9. The highest BCUT2D eigenvalue weighted by Crippen LogP contribution is 2.05. The van der Waals surface area contributed by atoms with Crippen molar-refractivity contribution in [2.45, 2.75) is 18.6 Å². The van der Waals surface area contributed by atoms with Crippen molar-refractivity contribution in [3.8, 4) is 0 Å². The molecule has 0 aromatic carbocycles. The summed E-state index contributed by atoms with van der Waals surface area (Å²) in [4.78, 5) is 10.9. The molecular weight excluding hydrogens is 132 g/mol. The molecule has 1 rings (SSSR count). The second-order valence-electron chi connectivity index (χ2n) is 2.46. The average Bonchev–Trinajstić information content (AvgIpc) is 2.34. The third kappa shape index (κ3) is 1.46. The minimum Gasteiger partial charge on any atom is -0.392 e. The van der Waals surface area contributed by atoms with E-state index in [4.69, 9.17) is 5.11 Å². The van der Waals surface area contributed by atoms with E-state index in [1.807, 2.05) is 0 Å². The summed E-state index contributed by atoms with van der Waals surface area (Å²) in [5, 5.41) is 14.4. The molecule has 0 aliphatic carbocycles. The topological polar surface area (TPSA) is 61.4 Å². The molecular formula is C6H12N2O2. The standard InChI is InChI=1S/C6H12N2O2/c1-7-6(10)5-2-4(9)3-8-5/h4-5,8-9H,2-3H2,1H3,(H,7,10)/t4-,5+/m0/s1. The molecule has 0 spiro atoms. The number of rotatable bonds is 1. The largest absolute Gasteiger partial charge is 0.392 e. The van der Waals surface area contributed by atoms with E-state index in [1.54, 1.807) is 7.05 Å². The van der Waals surface area contributed by atoms with Gasteiger partial charge in [0.25, 0.3) is 0 Å². The number of aliphatic hydroxyl groups is 1. The van der Waals surface area contributed by atoms with Gasteiger partial charge in [-0.3, -0.25) is 4.79 Å². The SMILES string of the molecule is CNC(=O)[C@H]1C[C@H](O)CN1. The Hall–Kier alpha value is -0.610. The van der Waals surface area contributed by atoms with Gasteiger partial charge in [-0.25, -0.2) is 0 Å². The summed E-state index contributed by atoms with van der Waals surface area (Å²) in [5.41, 5.74) is 0. The smallest absolute Gasteiger partial charge is 0.236 e. The molecule has 58 valence electrons. The number of hydrogen-bond donors (Lipinski definition) is 3. The predicted molar refractivity (Wildman–Crippen MR) is 36.5 cm³/mol. The van der Waals surface area contributed by atoms with Crippen LogP contribution < -0.4 is 10.6 Å². The minimum absolute atomic E-state index is 0.0449. The lowest BCUT2D eigenvalue weighted by molar-refractivity contribution is -0.122. The number of β-amino-alcohol motifs (C(OH)–C–C–N with tert-alkyl or cyclic N) is 1. The van der Waals surface area contributed by atoms with Crippen LogP contribution in [-0.4, -0.2) is 36.8 Å². The molecule has 0 bridgehead atoms. The fourth-order valence-corrected chi connectivity index (χ4v) is 1.09. The molecule has 1 fully saturated rings. The van der Waals surface area contributed by atoms with Crippen LogP contribution in [0, 0.1) is 0 Å². The highest BCUT2D eigenvalue weighted by molar-refractivity contribution is 5.81. The van der Waals surface area contributed by atoms with E-state index in [-0.39, 0.29) is 18.1 Å². The summed E-state index contributed by atoms with van der Waals surface area (Å²) >= 11 is 0. The summed E-state index contributed by atoms with van der Waals surface area (Å²) < 4.78 is 0. The van der Waals surface area contributed by atoms with Gasteiger partial charge in [-0.1, -0.05) is 0 Å². The predicted octanol–water partition coefficient (Wildman–Crippen LogP) is -1.54. The Morgan fingerprint density at radius 1 is 1.80 bits per heavy atom. The first-order valence-electron chi connectivity index (χ1n) is 3.37. The molecule has 0 saturated carbocycles. The zero-order valence-corrected chi connectivity index (χ0v) is 5.92. The third-order valence-corrected chi connectivity index (χ3v) is 1.67. The fraction of sp³-hybridized carbons (Fsp3) is 0.833. The Kier molecular flexibility index (Phi) is 2.24. The zero-order chi connectivity index (χ0) is 7.56. The number of aliphatic hydroxyl groups excluding tert-OH is 1. The molecule has 1 aliphatic rings. The molecule has 3 N–H and O–H groups in total. The molecule has 4 nitrogen and oxygen atoms in total. The molecule has 0 unspecified atom stereocenters. The molecule has 0 aromatic heterocycles. The zero-order valence-electron chi connectivity index (χ0n) is 5.92. The second kappa shape index (κ2) is 2.98. The van der Waals surface area contributed by atoms with Crippen LogP contribution in [0.3, 0.4) is 0 Å². The van der Waals surface area contributed by atoms with Crippen LogP contribution in [0.2, 0.25) is 0 Å². The Bertz CT molecular complexity index is 138. The van der Waals surface area contributed by atoms with Crippen molar-refractivity contribution in [3.05, 3.63) is 0 Å². The van der Waals surface area contributed by atoms with Crippen molar-refractivity contribution in [2.24, 2.45) is 0 Å². The van der Waals surface area contributed by atoms with Gasteiger partial charge in [0.2, 0.25) is 5.91 Å². The van der Waals surface area contributed by atoms with Gasteiger partial charge in [-0.15, -0.1) is 0 Å². The van der Waals surface area contributed by atoms with E-state index >= 15 is 0 Å². The number of nitrogens with one attached hydrogen (secondary N) is 2. The molecule has 0 radical (unpaired) electrons. The van der Waals surface area contributed by atoms with E-state index < -0.39 is 0 Å². The van der Waals surface area contributed by atoms with Crippen molar-refractivity contribution in [3.63, 3.8) is 0 Å². The number of carbonyl (C=O) groups excluding carboxylic acids is 1. The number of carbonyl (C=O) groups is 1.